The molecule has 1 fully saturated rings. The maximum atomic E-state index is 8.75. The average molecular weight is 269 g/mol. The molecule has 1 aliphatic rings. The summed E-state index contributed by atoms with van der Waals surface area (Å²) in [7, 11) is 0. The molecule has 1 unspecified atom stereocenters. The van der Waals surface area contributed by atoms with Crippen LogP contribution in [0.15, 0.2) is 12.4 Å². The molecule has 1 atom stereocenters. The molecule has 0 aromatic carbocycles. The Kier molecular flexibility index (Phi) is 3.29. The van der Waals surface area contributed by atoms with E-state index in [2.05, 4.69) is 30.0 Å². The van der Waals surface area contributed by atoms with Gasteiger partial charge in [-0.3, -0.25) is 5.10 Å². The third kappa shape index (κ3) is 2.45. The molecule has 102 valence electrons. The first-order valence-electron chi connectivity index (χ1n) is 6.62. The first-order valence-corrected chi connectivity index (χ1v) is 6.62. The molecule has 0 aliphatic carbocycles. The molecule has 0 radical (unpaired) electrons. The summed E-state index contributed by atoms with van der Waals surface area (Å²) >= 11 is 0. The van der Waals surface area contributed by atoms with Crippen molar-refractivity contribution < 1.29 is 0 Å². The average Bonchev–Trinajstić information content (AvgIpc) is 2.94. The topological polar surface area (TPSA) is 94.4 Å². The van der Waals surface area contributed by atoms with Crippen LogP contribution in [0.4, 0.5) is 5.82 Å². The SMILES string of the molecule is Cc1nc(C2CCCN(c3cnc(C#N)cn3)C2)n[nH]1. The smallest absolute Gasteiger partial charge is 0.158 e. The molecule has 0 spiro atoms. The van der Waals surface area contributed by atoms with Crippen molar-refractivity contribution >= 4 is 5.82 Å². The fraction of sp³-hybridized carbons (Fsp3) is 0.462. The zero-order chi connectivity index (χ0) is 13.9. The van der Waals surface area contributed by atoms with E-state index < -0.39 is 0 Å². The third-order valence-corrected chi connectivity index (χ3v) is 3.48. The van der Waals surface area contributed by atoms with E-state index >= 15 is 0 Å². The largest absolute Gasteiger partial charge is 0.355 e. The van der Waals surface area contributed by atoms with Crippen molar-refractivity contribution in [2.45, 2.75) is 25.7 Å². The summed E-state index contributed by atoms with van der Waals surface area (Å²) in [5.41, 5.74) is 0.340. The van der Waals surface area contributed by atoms with Gasteiger partial charge in [-0.05, 0) is 19.8 Å². The second-order valence-electron chi connectivity index (χ2n) is 4.94. The molecule has 2 aromatic heterocycles. The Morgan fingerprint density at radius 1 is 1.40 bits per heavy atom. The van der Waals surface area contributed by atoms with Gasteiger partial charge in [-0.2, -0.15) is 10.4 Å². The molecule has 2 aromatic rings. The van der Waals surface area contributed by atoms with Crippen LogP contribution in [0.25, 0.3) is 0 Å². The Balaban J connectivity index is 1.76. The van der Waals surface area contributed by atoms with Crippen molar-refractivity contribution in [1.29, 1.82) is 5.26 Å². The lowest BCUT2D eigenvalue weighted by molar-refractivity contribution is 0.489. The molecule has 0 amide bonds. The van der Waals surface area contributed by atoms with Gasteiger partial charge in [0.2, 0.25) is 0 Å². The minimum absolute atomic E-state index is 0.311. The molecule has 20 heavy (non-hydrogen) atoms. The lowest BCUT2D eigenvalue weighted by Gasteiger charge is -2.32. The van der Waals surface area contributed by atoms with Gasteiger partial charge in [0.15, 0.2) is 11.5 Å². The fourth-order valence-electron chi connectivity index (χ4n) is 2.48. The number of nitrogens with one attached hydrogen (secondary N) is 1. The zero-order valence-corrected chi connectivity index (χ0v) is 11.2. The van der Waals surface area contributed by atoms with Crippen LogP contribution in [0.3, 0.4) is 0 Å². The number of rotatable bonds is 2. The van der Waals surface area contributed by atoms with E-state index in [1.54, 1.807) is 6.20 Å². The van der Waals surface area contributed by atoms with Crippen molar-refractivity contribution in [2.24, 2.45) is 0 Å². The summed E-state index contributed by atoms with van der Waals surface area (Å²) in [6.07, 6.45) is 5.32. The van der Waals surface area contributed by atoms with E-state index in [0.717, 1.165) is 43.4 Å². The van der Waals surface area contributed by atoms with Gasteiger partial charge in [0, 0.05) is 19.0 Å². The number of nitriles is 1. The number of hydrogen-bond donors (Lipinski definition) is 1. The highest BCUT2D eigenvalue weighted by Crippen LogP contribution is 2.26. The van der Waals surface area contributed by atoms with Crippen LogP contribution in [0.1, 0.15) is 36.1 Å². The second kappa shape index (κ2) is 5.25. The lowest BCUT2D eigenvalue weighted by Crippen LogP contribution is -2.35. The molecule has 7 heteroatoms. The van der Waals surface area contributed by atoms with Crippen molar-refractivity contribution in [1.82, 2.24) is 25.1 Å². The predicted molar refractivity (Wildman–Crippen MR) is 72.1 cm³/mol. The Labute approximate surface area is 116 Å². The second-order valence-corrected chi connectivity index (χ2v) is 4.94. The Bertz CT molecular complexity index is 625. The summed E-state index contributed by atoms with van der Waals surface area (Å²) in [5.74, 6) is 2.83. The number of H-pyrrole nitrogens is 1. The van der Waals surface area contributed by atoms with Crippen LogP contribution < -0.4 is 4.90 Å². The van der Waals surface area contributed by atoms with E-state index in [9.17, 15) is 0 Å². The van der Waals surface area contributed by atoms with E-state index in [4.69, 9.17) is 5.26 Å². The van der Waals surface area contributed by atoms with Gasteiger partial charge in [0.05, 0.1) is 12.4 Å². The van der Waals surface area contributed by atoms with Crippen LogP contribution in [0.2, 0.25) is 0 Å². The Hall–Kier alpha value is -2.49. The Morgan fingerprint density at radius 3 is 2.95 bits per heavy atom. The summed E-state index contributed by atoms with van der Waals surface area (Å²) < 4.78 is 0. The molecule has 3 rings (SSSR count). The normalized spacial score (nSPS) is 18.8. The summed E-state index contributed by atoms with van der Waals surface area (Å²) in [6.45, 7) is 3.68. The number of anilines is 1. The van der Waals surface area contributed by atoms with E-state index in [0.29, 0.717) is 11.6 Å². The number of hydrogen-bond acceptors (Lipinski definition) is 6. The molecule has 7 nitrogen and oxygen atoms in total. The van der Waals surface area contributed by atoms with Crippen molar-refractivity contribution in [2.75, 3.05) is 18.0 Å². The molecule has 0 saturated carbocycles. The summed E-state index contributed by atoms with van der Waals surface area (Å²) in [5, 5.41) is 15.9. The lowest BCUT2D eigenvalue weighted by atomic mass is 9.97. The van der Waals surface area contributed by atoms with E-state index in [-0.39, 0.29) is 0 Å². The molecule has 1 saturated heterocycles. The molecule has 0 bridgehead atoms. The van der Waals surface area contributed by atoms with Gasteiger partial charge < -0.3 is 4.90 Å². The summed E-state index contributed by atoms with van der Waals surface area (Å²) in [4.78, 5) is 15.0. The predicted octanol–water partition coefficient (Wildman–Crippen LogP) is 1.16. The molecular weight excluding hydrogens is 254 g/mol. The highest BCUT2D eigenvalue weighted by atomic mass is 15.2. The van der Waals surface area contributed by atoms with Crippen LogP contribution in [-0.2, 0) is 0 Å². The molecule has 3 heterocycles. The number of aryl methyl sites for hydroxylation is 1. The van der Waals surface area contributed by atoms with Gasteiger partial charge in [-0.1, -0.05) is 0 Å². The third-order valence-electron chi connectivity index (χ3n) is 3.48. The summed E-state index contributed by atoms with van der Waals surface area (Å²) in [6, 6.07) is 1.98. The quantitative estimate of drug-likeness (QED) is 0.879. The molecule has 1 aliphatic heterocycles. The maximum Gasteiger partial charge on any atom is 0.158 e. The first-order chi connectivity index (χ1) is 9.76. The van der Waals surface area contributed by atoms with Gasteiger partial charge >= 0.3 is 0 Å². The number of nitrogens with zero attached hydrogens (tertiary/aromatic N) is 6. The van der Waals surface area contributed by atoms with Crippen LogP contribution in [0.5, 0.6) is 0 Å². The monoisotopic (exact) mass is 269 g/mol. The van der Waals surface area contributed by atoms with Crippen LogP contribution >= 0.6 is 0 Å². The van der Waals surface area contributed by atoms with Crippen LogP contribution in [0, 0.1) is 18.3 Å². The number of aromatic amines is 1. The number of aromatic nitrogens is 5. The maximum absolute atomic E-state index is 8.75. The molecule has 1 N–H and O–H groups in total. The van der Waals surface area contributed by atoms with E-state index in [1.807, 2.05) is 13.0 Å². The minimum atomic E-state index is 0.311. The fourth-order valence-corrected chi connectivity index (χ4v) is 2.48. The van der Waals surface area contributed by atoms with Crippen LogP contribution in [-0.4, -0.2) is 38.2 Å². The van der Waals surface area contributed by atoms with Crippen molar-refractivity contribution in [3.05, 3.63) is 29.7 Å². The van der Waals surface area contributed by atoms with Gasteiger partial charge in [-0.25, -0.2) is 15.0 Å². The zero-order valence-electron chi connectivity index (χ0n) is 11.2. The van der Waals surface area contributed by atoms with Crippen molar-refractivity contribution in [3.63, 3.8) is 0 Å². The standard InChI is InChI=1S/C13H15N7/c1-9-17-13(19-18-9)10-3-2-4-20(8-10)12-7-15-11(5-14)6-16-12/h6-7,10H,2-4,8H2,1H3,(H,17,18,19). The molecular formula is C13H15N7. The minimum Gasteiger partial charge on any atom is -0.355 e. The number of piperidine rings is 1. The first kappa shape index (κ1) is 12.5. The van der Waals surface area contributed by atoms with Gasteiger partial charge in [0.25, 0.3) is 0 Å². The van der Waals surface area contributed by atoms with Gasteiger partial charge in [0.1, 0.15) is 17.7 Å². The highest BCUT2D eigenvalue weighted by molar-refractivity contribution is 5.38. The Morgan fingerprint density at radius 2 is 2.30 bits per heavy atom. The van der Waals surface area contributed by atoms with Crippen molar-refractivity contribution in [3.8, 4) is 6.07 Å². The van der Waals surface area contributed by atoms with E-state index in [1.165, 1.54) is 6.20 Å². The highest BCUT2D eigenvalue weighted by Gasteiger charge is 2.25. The van der Waals surface area contributed by atoms with Gasteiger partial charge in [-0.15, -0.1) is 0 Å².